The zero-order valence-corrected chi connectivity index (χ0v) is 16.3. The molecule has 2 radical (unpaired) electrons. The monoisotopic (exact) mass is 444 g/mol. The number of hydrogen-bond acceptors (Lipinski definition) is 3. The van der Waals surface area contributed by atoms with Crippen LogP contribution in [0, 0.1) is 12.3 Å². The molecule has 2 amide bonds. The molecule has 1 atom stereocenters. The molecule has 6 heteroatoms. The van der Waals surface area contributed by atoms with Crippen molar-refractivity contribution in [2.24, 2.45) is 5.92 Å². The summed E-state index contributed by atoms with van der Waals surface area (Å²) in [5.41, 5.74) is 1.01. The van der Waals surface area contributed by atoms with Crippen molar-refractivity contribution in [3.63, 3.8) is 0 Å². The van der Waals surface area contributed by atoms with E-state index in [9.17, 15) is 14.4 Å². The van der Waals surface area contributed by atoms with Crippen molar-refractivity contribution in [1.29, 1.82) is 0 Å². The molecule has 1 aromatic rings. The molecule has 0 spiro atoms. The Kier molecular flexibility index (Phi) is 8.63. The number of ketones is 1. The summed E-state index contributed by atoms with van der Waals surface area (Å²) in [5.74, 6) is 0.297. The summed E-state index contributed by atoms with van der Waals surface area (Å²) in [6.45, 7) is 1.98. The molecule has 1 aliphatic carbocycles. The van der Waals surface area contributed by atoms with Gasteiger partial charge >= 0.3 is 0 Å². The molecule has 2 aliphatic rings. The van der Waals surface area contributed by atoms with Gasteiger partial charge in [0.2, 0.25) is 0 Å². The predicted octanol–water partition coefficient (Wildman–Crippen LogP) is 2.10. The minimum absolute atomic E-state index is 0. The molecule has 1 heterocycles. The summed E-state index contributed by atoms with van der Waals surface area (Å²) in [5, 5.41) is 0. The molecule has 110 valence electrons. The summed E-state index contributed by atoms with van der Waals surface area (Å²) in [6, 6.07) is 6.84. The summed E-state index contributed by atoms with van der Waals surface area (Å²) < 4.78 is 0. The number of imide groups is 1. The van der Waals surface area contributed by atoms with Crippen molar-refractivity contribution in [3.05, 3.63) is 41.8 Å². The summed E-state index contributed by atoms with van der Waals surface area (Å²) in [6.07, 6.45) is 3.76. The smallest absolute Gasteiger partial charge is 0.261 e. The summed E-state index contributed by atoms with van der Waals surface area (Å²) >= 11 is 0. The molecular weight excluding hydrogens is 428 g/mol. The van der Waals surface area contributed by atoms with Crippen LogP contribution in [0.3, 0.4) is 0 Å². The third kappa shape index (κ3) is 4.49. The van der Waals surface area contributed by atoms with E-state index in [4.69, 9.17) is 0 Å². The second kappa shape index (κ2) is 8.83. The van der Waals surface area contributed by atoms with Gasteiger partial charge in [-0.2, -0.15) is 6.42 Å². The average Bonchev–Trinajstić information content (AvgIpc) is 2.89. The van der Waals surface area contributed by atoms with Crippen LogP contribution in [0.1, 0.15) is 40.5 Å². The maximum absolute atomic E-state index is 11.3. The standard InChI is InChI=1S/C9H7NO2.C6H9O.2Nb/c1-10-8(11)6-4-2-3-5-7(6)9(10)12;1-5-3-2-4-6(5)7;;/h2-5H,1H3;2,5H,3-4H2,1H3;;/q;-1;;/t;5-;;/m.0../s1. The fourth-order valence-electron chi connectivity index (χ4n) is 2.12. The molecular formula is C15H16NNb2O3-. The number of amides is 2. The van der Waals surface area contributed by atoms with Gasteiger partial charge in [0.1, 0.15) is 5.78 Å². The molecule has 0 aromatic heterocycles. The van der Waals surface area contributed by atoms with E-state index in [0.717, 1.165) is 11.3 Å². The third-order valence-corrected chi connectivity index (χ3v) is 3.41. The first-order valence-electron chi connectivity index (χ1n) is 6.28. The first-order valence-corrected chi connectivity index (χ1v) is 6.28. The van der Waals surface area contributed by atoms with Crippen LogP contribution in [0.5, 0.6) is 0 Å². The topological polar surface area (TPSA) is 54.5 Å². The second-order valence-electron chi connectivity index (χ2n) is 4.81. The molecule has 1 aliphatic heterocycles. The molecule has 0 N–H and O–H groups in total. The summed E-state index contributed by atoms with van der Waals surface area (Å²) in [7, 11) is 1.49. The van der Waals surface area contributed by atoms with Crippen LogP contribution in [0.2, 0.25) is 0 Å². The van der Waals surface area contributed by atoms with Crippen molar-refractivity contribution in [1.82, 2.24) is 4.90 Å². The van der Waals surface area contributed by atoms with Crippen LogP contribution in [-0.4, -0.2) is 29.5 Å². The SMILES string of the molecule is CN1C(=O)c2ccccc2C1=O.C[C@H]1C[CH-]CC1=O.[Nb].[Nb]. The molecule has 0 bridgehead atoms. The molecule has 21 heavy (non-hydrogen) atoms. The fraction of sp³-hybridized carbons (Fsp3) is 0.333. The van der Waals surface area contributed by atoms with E-state index >= 15 is 0 Å². The molecule has 1 saturated carbocycles. The van der Waals surface area contributed by atoms with Gasteiger partial charge in [-0.1, -0.05) is 19.1 Å². The van der Waals surface area contributed by atoms with E-state index in [1.807, 2.05) is 13.3 Å². The maximum Gasteiger partial charge on any atom is 0.261 e. The number of benzene rings is 1. The Balaban J connectivity index is 0.000000389. The molecule has 0 saturated heterocycles. The van der Waals surface area contributed by atoms with Gasteiger partial charge in [-0.25, -0.2) is 0 Å². The Hall–Kier alpha value is -0.489. The van der Waals surface area contributed by atoms with Crippen molar-refractivity contribution >= 4 is 17.6 Å². The second-order valence-corrected chi connectivity index (χ2v) is 4.81. The van der Waals surface area contributed by atoms with Crippen LogP contribution in [-0.2, 0) is 49.6 Å². The van der Waals surface area contributed by atoms with Gasteiger partial charge < -0.3 is 11.2 Å². The number of fused-ring (bicyclic) bond motifs is 1. The van der Waals surface area contributed by atoms with Gasteiger partial charge in [0.25, 0.3) is 11.8 Å². The Morgan fingerprint density at radius 2 is 1.52 bits per heavy atom. The minimum Gasteiger partial charge on any atom is -0.321 e. The zero-order valence-electron chi connectivity index (χ0n) is 11.9. The minimum atomic E-state index is -0.212. The van der Waals surface area contributed by atoms with Crippen LogP contribution in [0.25, 0.3) is 0 Å². The van der Waals surface area contributed by atoms with Gasteiger partial charge in [0, 0.05) is 51.8 Å². The molecule has 0 unspecified atom stereocenters. The van der Waals surface area contributed by atoms with Crippen LogP contribution >= 0.6 is 0 Å². The Labute approximate surface area is 155 Å². The van der Waals surface area contributed by atoms with Crippen LogP contribution in [0.4, 0.5) is 0 Å². The van der Waals surface area contributed by atoms with Crippen molar-refractivity contribution < 1.29 is 59.1 Å². The van der Waals surface area contributed by atoms with Gasteiger partial charge in [-0.05, 0) is 18.1 Å². The Bertz CT molecular complexity index is 510. The maximum atomic E-state index is 11.3. The number of carbonyl (C=O) groups excluding carboxylic acids is 3. The normalized spacial score (nSPS) is 19.2. The first kappa shape index (κ1) is 20.5. The number of rotatable bonds is 0. The Morgan fingerprint density at radius 1 is 1.05 bits per heavy atom. The largest absolute Gasteiger partial charge is 0.321 e. The van der Waals surface area contributed by atoms with E-state index in [2.05, 4.69) is 0 Å². The van der Waals surface area contributed by atoms with E-state index in [0.29, 0.717) is 29.2 Å². The van der Waals surface area contributed by atoms with Gasteiger partial charge in [0.15, 0.2) is 0 Å². The van der Waals surface area contributed by atoms with Gasteiger partial charge in [-0.15, -0.1) is 6.42 Å². The average molecular weight is 444 g/mol. The molecule has 4 nitrogen and oxygen atoms in total. The third-order valence-electron chi connectivity index (χ3n) is 3.41. The number of carbonyl (C=O) groups is 3. The fourth-order valence-corrected chi connectivity index (χ4v) is 2.12. The van der Waals surface area contributed by atoms with E-state index in [1.165, 1.54) is 7.05 Å². The number of nitrogens with zero attached hydrogens (tertiary/aromatic N) is 1. The molecule has 3 rings (SSSR count). The quantitative estimate of drug-likeness (QED) is 0.350. The first-order chi connectivity index (χ1) is 9.02. The van der Waals surface area contributed by atoms with E-state index < -0.39 is 0 Å². The van der Waals surface area contributed by atoms with Crippen molar-refractivity contribution in [2.45, 2.75) is 19.8 Å². The molecule has 1 aromatic carbocycles. The van der Waals surface area contributed by atoms with Crippen LogP contribution < -0.4 is 0 Å². The van der Waals surface area contributed by atoms with E-state index in [1.54, 1.807) is 24.3 Å². The van der Waals surface area contributed by atoms with E-state index in [-0.39, 0.29) is 56.6 Å². The number of Topliss-reactive ketones (excluding diaryl/α,β-unsaturated/α-hetero) is 1. The van der Waals surface area contributed by atoms with Crippen LogP contribution in [0.15, 0.2) is 24.3 Å². The summed E-state index contributed by atoms with van der Waals surface area (Å²) in [4.78, 5) is 34.3. The van der Waals surface area contributed by atoms with Crippen molar-refractivity contribution in [3.8, 4) is 0 Å². The van der Waals surface area contributed by atoms with Gasteiger partial charge in [-0.3, -0.25) is 14.5 Å². The Morgan fingerprint density at radius 3 is 1.81 bits per heavy atom. The number of hydrogen-bond donors (Lipinski definition) is 0. The zero-order chi connectivity index (χ0) is 14.0. The molecule has 1 fully saturated rings. The van der Waals surface area contributed by atoms with Gasteiger partial charge in [0.05, 0.1) is 11.1 Å². The predicted molar refractivity (Wildman–Crippen MR) is 70.6 cm³/mol. The van der Waals surface area contributed by atoms with Crippen molar-refractivity contribution in [2.75, 3.05) is 7.05 Å².